The number of halogens is 1. The lowest BCUT2D eigenvalue weighted by Crippen LogP contribution is -2.22. The molecule has 0 spiro atoms. The van der Waals surface area contributed by atoms with Crippen LogP contribution in [0.2, 0.25) is 0 Å². The summed E-state index contributed by atoms with van der Waals surface area (Å²) in [5.74, 6) is 1.76. The maximum atomic E-state index is 13.5. The number of nitrogens with one attached hydrogen (secondary N) is 2. The first-order valence-electron chi connectivity index (χ1n) is 22.3. The predicted molar refractivity (Wildman–Crippen MR) is 263 cm³/mol. The third-order valence-electron chi connectivity index (χ3n) is 11.0. The number of nitrogens with zero attached hydrogens (tertiary/aromatic N) is 12. The predicted octanol–water partition coefficient (Wildman–Crippen LogP) is 5.63. The number of nitriles is 2. The first-order valence-corrected chi connectivity index (χ1v) is 22.3. The molecular formula is C50H55FN14O6. The van der Waals surface area contributed by atoms with E-state index in [9.17, 15) is 19.2 Å². The summed E-state index contributed by atoms with van der Waals surface area (Å²) in [6.45, 7) is 3.74. The Bertz CT molecular complexity index is 2920. The first-order chi connectivity index (χ1) is 34.1. The van der Waals surface area contributed by atoms with Crippen molar-refractivity contribution < 1.29 is 33.3 Å². The molecule has 2 saturated heterocycles. The molecule has 2 amide bonds. The molecule has 2 aliphatic rings. The number of amides is 2. The Morgan fingerprint density at radius 2 is 1.17 bits per heavy atom. The van der Waals surface area contributed by atoms with Crippen LogP contribution in [0.4, 0.5) is 27.7 Å². The number of hydrogen-bond acceptors (Lipinski definition) is 18. The van der Waals surface area contributed by atoms with Gasteiger partial charge < -0.3 is 49.6 Å². The first kappa shape index (κ1) is 52.0. The SMILES string of the molecule is CN1CCC(O)C1.COc1nc(Nc2cc(-c3ccc(F)c(C#N)c3)ncn2)ccc1C(=O)N(C)C.COc1nc(Nc2cc(-c3ccc(OC4CCN(C)C4)c(C#N)c3)ncn2)ccc1C(=O)N(C)C. The molecule has 6 heterocycles. The maximum Gasteiger partial charge on any atom is 0.258 e. The molecule has 21 heteroatoms. The van der Waals surface area contributed by atoms with Gasteiger partial charge in [-0.25, -0.2) is 24.3 Å². The zero-order chi connectivity index (χ0) is 51.2. The van der Waals surface area contributed by atoms with E-state index in [1.54, 1.807) is 76.7 Å². The number of methoxy groups -OCH3 is 2. The van der Waals surface area contributed by atoms with E-state index in [0.29, 0.717) is 62.7 Å². The summed E-state index contributed by atoms with van der Waals surface area (Å²) in [5, 5.41) is 33.7. The topological polar surface area (TPSA) is 244 Å². The minimum absolute atomic E-state index is 0.0509. The number of aliphatic hydroxyl groups is 1. The van der Waals surface area contributed by atoms with E-state index in [0.717, 1.165) is 44.6 Å². The Hall–Kier alpha value is -8.37. The molecule has 368 valence electrons. The standard InChI is InChI=1S/C25H27N7O3.C20H17FN6O2.C5H11NO/c1-31(2)25(33)19-6-8-22(30-24(19)34-4)29-23-12-20(27-15-28-23)16-5-7-21(17(11-16)13-26)35-18-9-10-32(3)14-18;1-27(2)20(28)14-5-7-17(26-19(14)29-3)25-18-9-16(23-11-24-18)12-4-6-15(21)13(8-12)10-22;1-6-3-2-5(7)4-6/h5-8,11-12,15,18H,9-10,14H2,1-4H3,(H,27,28,29,30);4-9,11H,1-3H3,(H,23,24,25,26);5,7H,2-4H2,1H3. The van der Waals surface area contributed by atoms with Crippen LogP contribution in [0.3, 0.4) is 0 Å². The minimum atomic E-state index is -0.590. The van der Waals surface area contributed by atoms with E-state index in [2.05, 4.69) is 63.5 Å². The molecule has 2 aromatic carbocycles. The number of hydrogen-bond donors (Lipinski definition) is 3. The second-order valence-electron chi connectivity index (χ2n) is 16.9. The summed E-state index contributed by atoms with van der Waals surface area (Å²) in [6, 6.07) is 23.6. The molecule has 3 N–H and O–H groups in total. The van der Waals surface area contributed by atoms with Crippen molar-refractivity contribution in [1.82, 2.24) is 49.5 Å². The summed E-state index contributed by atoms with van der Waals surface area (Å²) in [4.78, 5) is 57.3. The fourth-order valence-electron chi connectivity index (χ4n) is 7.30. The number of rotatable bonds is 12. The maximum absolute atomic E-state index is 13.5. The molecular weight excluding hydrogens is 912 g/mol. The third-order valence-corrected chi connectivity index (χ3v) is 11.0. The second-order valence-corrected chi connectivity index (χ2v) is 16.9. The lowest BCUT2D eigenvalue weighted by Gasteiger charge is -2.15. The molecule has 4 aromatic heterocycles. The van der Waals surface area contributed by atoms with Gasteiger partial charge in [0.15, 0.2) is 0 Å². The van der Waals surface area contributed by atoms with Gasteiger partial charge in [0.2, 0.25) is 11.8 Å². The second kappa shape index (κ2) is 24.3. The van der Waals surface area contributed by atoms with Crippen molar-refractivity contribution in [3.05, 3.63) is 114 Å². The summed E-state index contributed by atoms with van der Waals surface area (Å²) in [5.41, 5.74) is 3.57. The van der Waals surface area contributed by atoms with Crippen LogP contribution in [0.15, 0.2) is 85.5 Å². The van der Waals surface area contributed by atoms with Gasteiger partial charge in [-0.1, -0.05) is 0 Å². The number of carbonyl (C=O) groups excluding carboxylic acids is 2. The molecule has 0 aliphatic carbocycles. The molecule has 6 aromatic rings. The smallest absolute Gasteiger partial charge is 0.258 e. The van der Waals surface area contributed by atoms with E-state index in [-0.39, 0.29) is 41.3 Å². The highest BCUT2D eigenvalue weighted by Crippen LogP contribution is 2.30. The Morgan fingerprint density at radius 1 is 0.676 bits per heavy atom. The highest BCUT2D eigenvalue weighted by atomic mass is 19.1. The number of carbonyl (C=O) groups is 2. The largest absolute Gasteiger partial charge is 0.488 e. The van der Waals surface area contributed by atoms with Crippen LogP contribution in [-0.4, -0.2) is 161 Å². The number of likely N-dealkylation sites (tertiary alicyclic amines) is 2. The van der Waals surface area contributed by atoms with Crippen LogP contribution in [0.5, 0.6) is 17.5 Å². The number of ether oxygens (including phenoxy) is 3. The average Bonchev–Trinajstić information content (AvgIpc) is 3.98. The van der Waals surface area contributed by atoms with Crippen LogP contribution in [-0.2, 0) is 0 Å². The van der Waals surface area contributed by atoms with E-state index in [1.165, 1.54) is 54.9 Å². The summed E-state index contributed by atoms with van der Waals surface area (Å²) >= 11 is 0. The van der Waals surface area contributed by atoms with Gasteiger partial charge in [-0.2, -0.15) is 20.5 Å². The number of likely N-dealkylation sites (N-methyl/N-ethyl adjacent to an activating group) is 2. The van der Waals surface area contributed by atoms with E-state index in [1.807, 2.05) is 19.2 Å². The van der Waals surface area contributed by atoms with Crippen molar-refractivity contribution >= 4 is 35.1 Å². The monoisotopic (exact) mass is 966 g/mol. The molecule has 71 heavy (non-hydrogen) atoms. The number of β-amino-alcohol motifs (C(OH)–C–C–N with tert-alkyl or cyclic N) is 1. The zero-order valence-corrected chi connectivity index (χ0v) is 40.7. The molecule has 0 saturated carbocycles. The van der Waals surface area contributed by atoms with Gasteiger partial charge in [-0.05, 0) is 87.6 Å². The van der Waals surface area contributed by atoms with Crippen LogP contribution in [0.1, 0.15) is 44.7 Å². The Labute approximate surface area is 411 Å². The molecule has 8 rings (SSSR count). The quantitative estimate of drug-likeness (QED) is 0.134. The van der Waals surface area contributed by atoms with E-state index < -0.39 is 5.82 Å². The van der Waals surface area contributed by atoms with Gasteiger partial charge in [0.1, 0.15) is 76.9 Å². The third kappa shape index (κ3) is 13.9. The molecule has 0 bridgehead atoms. The lowest BCUT2D eigenvalue weighted by molar-refractivity contribution is 0.0816. The number of aromatic nitrogens is 6. The molecule has 2 fully saturated rings. The Morgan fingerprint density at radius 3 is 1.59 bits per heavy atom. The van der Waals surface area contributed by atoms with Crippen molar-refractivity contribution in [3.8, 4) is 52.2 Å². The highest BCUT2D eigenvalue weighted by molar-refractivity contribution is 5.97. The van der Waals surface area contributed by atoms with Gasteiger partial charge in [-0.3, -0.25) is 9.59 Å². The number of aliphatic hydroxyl groups excluding tert-OH is 1. The number of anilines is 4. The van der Waals surface area contributed by atoms with E-state index >= 15 is 0 Å². The van der Waals surface area contributed by atoms with Crippen LogP contribution < -0.4 is 24.8 Å². The average molecular weight is 967 g/mol. The van der Waals surface area contributed by atoms with Gasteiger partial charge in [0.05, 0.1) is 42.8 Å². The highest BCUT2D eigenvalue weighted by Gasteiger charge is 2.23. The van der Waals surface area contributed by atoms with Crippen LogP contribution in [0, 0.1) is 28.5 Å². The van der Waals surface area contributed by atoms with Crippen molar-refractivity contribution in [1.29, 1.82) is 10.5 Å². The number of pyridine rings is 2. The molecule has 2 aliphatic heterocycles. The summed E-state index contributed by atoms with van der Waals surface area (Å²) < 4.78 is 30.1. The van der Waals surface area contributed by atoms with Crippen LogP contribution >= 0.6 is 0 Å². The van der Waals surface area contributed by atoms with Gasteiger partial charge in [-0.15, -0.1) is 0 Å². The van der Waals surface area contributed by atoms with E-state index in [4.69, 9.17) is 24.6 Å². The minimum Gasteiger partial charge on any atom is -0.488 e. The molecule has 0 radical (unpaired) electrons. The van der Waals surface area contributed by atoms with Crippen molar-refractivity contribution in [2.24, 2.45) is 0 Å². The fourth-order valence-corrected chi connectivity index (χ4v) is 7.30. The van der Waals surface area contributed by atoms with Crippen molar-refractivity contribution in [2.45, 2.75) is 25.0 Å². The zero-order valence-electron chi connectivity index (χ0n) is 40.7. The van der Waals surface area contributed by atoms with Gasteiger partial charge >= 0.3 is 0 Å². The van der Waals surface area contributed by atoms with Crippen molar-refractivity contribution in [3.63, 3.8) is 0 Å². The Balaban J connectivity index is 0.000000207. The molecule has 20 nitrogen and oxygen atoms in total. The number of benzene rings is 2. The normalized spacial score (nSPS) is 15.1. The lowest BCUT2D eigenvalue weighted by atomic mass is 10.1. The summed E-state index contributed by atoms with van der Waals surface area (Å²) in [6.07, 6.45) is 4.70. The van der Waals surface area contributed by atoms with Gasteiger partial charge in [0, 0.05) is 77.6 Å². The van der Waals surface area contributed by atoms with Crippen molar-refractivity contribution in [2.75, 3.05) is 93.3 Å². The fraction of sp³-hybridized carbons (Fsp3) is 0.320. The van der Waals surface area contributed by atoms with Crippen LogP contribution in [0.25, 0.3) is 22.5 Å². The molecule has 2 atom stereocenters. The summed E-state index contributed by atoms with van der Waals surface area (Å²) in [7, 11) is 13.6. The molecule has 2 unspecified atom stereocenters. The Kier molecular flexibility index (Phi) is 17.8. The van der Waals surface area contributed by atoms with Gasteiger partial charge in [0.25, 0.3) is 11.8 Å².